The van der Waals surface area contributed by atoms with Gasteiger partial charge in [0.05, 0.1) is 26.9 Å². The third-order valence-electron chi connectivity index (χ3n) is 3.14. The summed E-state index contributed by atoms with van der Waals surface area (Å²) in [6.45, 7) is 2.48. The second-order valence-electron chi connectivity index (χ2n) is 4.66. The van der Waals surface area contributed by atoms with Crippen LogP contribution in [0.15, 0.2) is 12.1 Å². The molecule has 0 aliphatic rings. The summed E-state index contributed by atoms with van der Waals surface area (Å²) in [5.74, 6) is 0.953. The van der Waals surface area contributed by atoms with Crippen molar-refractivity contribution in [3.05, 3.63) is 23.3 Å². The summed E-state index contributed by atoms with van der Waals surface area (Å²) < 4.78 is 15.3. The third-order valence-corrected chi connectivity index (χ3v) is 3.14. The Kier molecular flexibility index (Phi) is 6.98. The molecule has 0 aromatic heterocycles. The summed E-state index contributed by atoms with van der Waals surface area (Å²) in [4.78, 5) is 12.1. The molecule has 2 N–H and O–H groups in total. The third kappa shape index (κ3) is 4.91. The van der Waals surface area contributed by atoms with Gasteiger partial charge in [0.1, 0.15) is 11.5 Å². The molecular formula is C15H23NO5. The average Bonchev–Trinajstić information content (AvgIpc) is 2.47. The van der Waals surface area contributed by atoms with Crippen molar-refractivity contribution in [3.63, 3.8) is 0 Å². The van der Waals surface area contributed by atoms with Gasteiger partial charge in [-0.3, -0.25) is 4.79 Å². The van der Waals surface area contributed by atoms with E-state index < -0.39 is 6.10 Å². The predicted molar refractivity (Wildman–Crippen MR) is 79.1 cm³/mol. The van der Waals surface area contributed by atoms with E-state index in [1.54, 1.807) is 26.4 Å². The zero-order valence-electron chi connectivity index (χ0n) is 12.9. The molecular weight excluding hydrogens is 274 g/mol. The number of ether oxygens (including phenoxy) is 3. The van der Waals surface area contributed by atoms with Crippen molar-refractivity contribution in [2.24, 2.45) is 0 Å². The Bertz CT molecular complexity index is 450. The number of hydrogen-bond donors (Lipinski definition) is 2. The number of nitrogens with one attached hydrogen (secondary N) is 1. The molecule has 6 heteroatoms. The van der Waals surface area contributed by atoms with Gasteiger partial charge in [-0.25, -0.2) is 0 Å². The predicted octanol–water partition coefficient (Wildman–Crippen LogP) is 1.14. The van der Waals surface area contributed by atoms with Gasteiger partial charge in [-0.05, 0) is 25.5 Å². The Morgan fingerprint density at radius 1 is 1.24 bits per heavy atom. The normalized spacial score (nSPS) is 11.9. The number of benzene rings is 1. The van der Waals surface area contributed by atoms with E-state index >= 15 is 0 Å². The van der Waals surface area contributed by atoms with E-state index in [-0.39, 0.29) is 12.5 Å². The molecule has 0 aliphatic carbocycles. The molecule has 1 aromatic carbocycles. The van der Waals surface area contributed by atoms with Crippen LogP contribution in [0, 0.1) is 6.92 Å². The zero-order valence-corrected chi connectivity index (χ0v) is 12.9. The van der Waals surface area contributed by atoms with Crippen LogP contribution in [0.25, 0.3) is 0 Å². The fourth-order valence-electron chi connectivity index (χ4n) is 1.95. The molecule has 0 aliphatic heterocycles. The van der Waals surface area contributed by atoms with Crippen molar-refractivity contribution < 1.29 is 24.1 Å². The van der Waals surface area contributed by atoms with E-state index in [1.807, 2.05) is 6.92 Å². The SMILES string of the molecule is COCC(O)CCNC(=O)c1cc(OC)c(C)c(OC)c1. The Labute approximate surface area is 125 Å². The number of aliphatic hydroxyl groups is 1. The van der Waals surface area contributed by atoms with Crippen molar-refractivity contribution in [2.45, 2.75) is 19.4 Å². The molecule has 0 spiro atoms. The maximum Gasteiger partial charge on any atom is 0.251 e. The molecule has 6 nitrogen and oxygen atoms in total. The minimum absolute atomic E-state index is 0.240. The van der Waals surface area contributed by atoms with Gasteiger partial charge in [0.15, 0.2) is 0 Å². The first-order chi connectivity index (χ1) is 10.0. The van der Waals surface area contributed by atoms with Crippen molar-refractivity contribution in [3.8, 4) is 11.5 Å². The Hall–Kier alpha value is -1.79. The van der Waals surface area contributed by atoms with Crippen molar-refractivity contribution in [1.29, 1.82) is 0 Å². The molecule has 1 atom stereocenters. The van der Waals surface area contributed by atoms with E-state index in [2.05, 4.69) is 5.32 Å². The van der Waals surface area contributed by atoms with Gasteiger partial charge >= 0.3 is 0 Å². The van der Waals surface area contributed by atoms with Crippen LogP contribution < -0.4 is 14.8 Å². The summed E-state index contributed by atoms with van der Waals surface area (Å²) in [6.07, 6.45) is -0.155. The highest BCUT2D eigenvalue weighted by Crippen LogP contribution is 2.29. The molecule has 0 bridgehead atoms. The average molecular weight is 297 g/mol. The van der Waals surface area contributed by atoms with Crippen molar-refractivity contribution in [2.75, 3.05) is 34.5 Å². The quantitative estimate of drug-likeness (QED) is 0.752. The van der Waals surface area contributed by atoms with Crippen LogP contribution in [0.4, 0.5) is 0 Å². The number of carbonyl (C=O) groups excluding carboxylic acids is 1. The van der Waals surface area contributed by atoms with Crippen LogP contribution in [-0.4, -0.2) is 51.6 Å². The molecule has 0 saturated heterocycles. The van der Waals surface area contributed by atoms with E-state index in [4.69, 9.17) is 14.2 Å². The molecule has 0 saturated carbocycles. The Morgan fingerprint density at radius 2 is 1.81 bits per heavy atom. The van der Waals surface area contributed by atoms with Crippen LogP contribution in [-0.2, 0) is 4.74 Å². The Balaban J connectivity index is 2.70. The number of amides is 1. The van der Waals surface area contributed by atoms with Crippen LogP contribution in [0.2, 0.25) is 0 Å². The second kappa shape index (κ2) is 8.49. The molecule has 1 aromatic rings. The van der Waals surface area contributed by atoms with Gasteiger partial charge in [-0.2, -0.15) is 0 Å². The molecule has 118 valence electrons. The highest BCUT2D eigenvalue weighted by atomic mass is 16.5. The summed E-state index contributed by atoms with van der Waals surface area (Å²) in [7, 11) is 4.61. The fourth-order valence-corrected chi connectivity index (χ4v) is 1.95. The summed E-state index contributed by atoms with van der Waals surface area (Å²) in [5, 5.41) is 12.3. The van der Waals surface area contributed by atoms with Gasteiger partial charge in [0.25, 0.3) is 5.91 Å². The minimum Gasteiger partial charge on any atom is -0.496 e. The monoisotopic (exact) mass is 297 g/mol. The van der Waals surface area contributed by atoms with Gasteiger partial charge in [-0.15, -0.1) is 0 Å². The van der Waals surface area contributed by atoms with Gasteiger partial charge in [-0.1, -0.05) is 0 Å². The van der Waals surface area contributed by atoms with Gasteiger partial charge in [0, 0.05) is 24.8 Å². The van der Waals surface area contributed by atoms with Crippen molar-refractivity contribution in [1.82, 2.24) is 5.32 Å². The van der Waals surface area contributed by atoms with Crippen LogP contribution in [0.3, 0.4) is 0 Å². The highest BCUT2D eigenvalue weighted by molar-refractivity contribution is 5.95. The maximum absolute atomic E-state index is 12.1. The smallest absolute Gasteiger partial charge is 0.251 e. The largest absolute Gasteiger partial charge is 0.496 e. The van der Waals surface area contributed by atoms with Gasteiger partial charge in [0.2, 0.25) is 0 Å². The molecule has 0 fully saturated rings. The first-order valence-electron chi connectivity index (χ1n) is 6.71. The standard InChI is InChI=1S/C15H23NO5/c1-10-13(20-3)7-11(8-14(10)21-4)15(18)16-6-5-12(17)9-19-2/h7-8,12,17H,5-6,9H2,1-4H3,(H,16,18). The van der Waals surface area contributed by atoms with E-state index in [1.165, 1.54) is 7.11 Å². The number of hydrogen-bond acceptors (Lipinski definition) is 5. The lowest BCUT2D eigenvalue weighted by Crippen LogP contribution is -2.28. The lowest BCUT2D eigenvalue weighted by molar-refractivity contribution is 0.0587. The second-order valence-corrected chi connectivity index (χ2v) is 4.66. The summed E-state index contributed by atoms with van der Waals surface area (Å²) in [6, 6.07) is 3.33. The number of carbonyl (C=O) groups is 1. The molecule has 1 amide bonds. The first-order valence-corrected chi connectivity index (χ1v) is 6.71. The summed E-state index contributed by atoms with van der Waals surface area (Å²) >= 11 is 0. The lowest BCUT2D eigenvalue weighted by atomic mass is 10.1. The zero-order chi connectivity index (χ0) is 15.8. The van der Waals surface area contributed by atoms with Crippen molar-refractivity contribution >= 4 is 5.91 Å². The van der Waals surface area contributed by atoms with Crippen LogP contribution in [0.1, 0.15) is 22.3 Å². The van der Waals surface area contributed by atoms with Gasteiger partial charge < -0.3 is 24.6 Å². The first kappa shape index (κ1) is 17.3. The molecule has 0 radical (unpaired) electrons. The topological polar surface area (TPSA) is 77.0 Å². The maximum atomic E-state index is 12.1. The minimum atomic E-state index is -0.586. The number of methoxy groups -OCH3 is 3. The molecule has 1 rings (SSSR count). The van der Waals surface area contributed by atoms with E-state index in [9.17, 15) is 9.90 Å². The number of rotatable bonds is 8. The molecule has 0 heterocycles. The lowest BCUT2D eigenvalue weighted by Gasteiger charge is -2.13. The van der Waals surface area contributed by atoms with E-state index in [0.717, 1.165) is 5.56 Å². The molecule has 1 unspecified atom stereocenters. The summed E-state index contributed by atoms with van der Waals surface area (Å²) in [5.41, 5.74) is 1.29. The van der Waals surface area contributed by atoms with Crippen LogP contribution >= 0.6 is 0 Å². The fraction of sp³-hybridized carbons (Fsp3) is 0.533. The van der Waals surface area contributed by atoms with E-state index in [0.29, 0.717) is 30.0 Å². The van der Waals surface area contributed by atoms with Crippen LogP contribution in [0.5, 0.6) is 11.5 Å². The highest BCUT2D eigenvalue weighted by Gasteiger charge is 2.13. The Morgan fingerprint density at radius 3 is 2.29 bits per heavy atom. The number of aliphatic hydroxyl groups excluding tert-OH is 1. The molecule has 21 heavy (non-hydrogen) atoms.